The first-order chi connectivity index (χ1) is 8.97. The summed E-state index contributed by atoms with van der Waals surface area (Å²) in [4.78, 5) is 12.3. The Labute approximate surface area is 122 Å². The van der Waals surface area contributed by atoms with Crippen molar-refractivity contribution in [3.05, 3.63) is 68.7 Å². The molecular weight excluding hydrogens is 300 g/mol. The molecular formula is C17H17BrO. The molecule has 0 atom stereocenters. The van der Waals surface area contributed by atoms with Crippen LogP contribution >= 0.6 is 15.9 Å². The second kappa shape index (κ2) is 5.70. The summed E-state index contributed by atoms with van der Waals surface area (Å²) in [7, 11) is 0. The number of Topliss-reactive ketones (excluding diaryl/α,β-unsaturated/α-hetero) is 1. The van der Waals surface area contributed by atoms with E-state index in [0.717, 1.165) is 26.7 Å². The minimum atomic E-state index is 0.171. The molecule has 0 saturated heterocycles. The van der Waals surface area contributed by atoms with Gasteiger partial charge in [-0.15, -0.1) is 0 Å². The van der Waals surface area contributed by atoms with E-state index >= 15 is 0 Å². The number of carbonyl (C=O) groups excluding carboxylic acids is 1. The van der Waals surface area contributed by atoms with Crippen LogP contribution in [0.1, 0.15) is 32.6 Å². The third-order valence-electron chi connectivity index (χ3n) is 3.21. The summed E-state index contributed by atoms with van der Waals surface area (Å²) in [6.45, 7) is 6.07. The fourth-order valence-corrected chi connectivity index (χ4v) is 2.45. The van der Waals surface area contributed by atoms with Crippen molar-refractivity contribution in [1.82, 2.24) is 0 Å². The molecule has 2 heteroatoms. The highest BCUT2D eigenvalue weighted by Crippen LogP contribution is 2.23. The van der Waals surface area contributed by atoms with Crippen molar-refractivity contribution in [2.24, 2.45) is 0 Å². The van der Waals surface area contributed by atoms with E-state index in [1.165, 1.54) is 5.56 Å². The molecule has 0 heterocycles. The quantitative estimate of drug-likeness (QED) is 0.743. The Kier molecular flexibility index (Phi) is 4.20. The third-order valence-corrected chi connectivity index (χ3v) is 4.46. The van der Waals surface area contributed by atoms with E-state index in [2.05, 4.69) is 22.0 Å². The van der Waals surface area contributed by atoms with Crippen LogP contribution in [0.25, 0.3) is 0 Å². The lowest BCUT2D eigenvalue weighted by atomic mass is 9.99. The molecule has 1 nitrogen and oxygen atoms in total. The zero-order chi connectivity index (χ0) is 14.0. The topological polar surface area (TPSA) is 17.1 Å². The molecule has 2 aromatic rings. The van der Waals surface area contributed by atoms with Crippen molar-refractivity contribution in [2.45, 2.75) is 27.2 Å². The van der Waals surface area contributed by atoms with Crippen LogP contribution in [-0.2, 0) is 6.42 Å². The molecule has 19 heavy (non-hydrogen) atoms. The number of ketones is 1. The zero-order valence-corrected chi connectivity index (χ0v) is 13.0. The monoisotopic (exact) mass is 316 g/mol. The first kappa shape index (κ1) is 14.0. The smallest absolute Gasteiger partial charge is 0.167 e. The summed E-state index contributed by atoms with van der Waals surface area (Å²) >= 11 is 3.53. The second-order valence-electron chi connectivity index (χ2n) is 5.01. The fraction of sp³-hybridized carbons (Fsp3) is 0.235. The molecule has 0 saturated carbocycles. The third kappa shape index (κ3) is 3.32. The van der Waals surface area contributed by atoms with Crippen LogP contribution < -0.4 is 0 Å². The van der Waals surface area contributed by atoms with Gasteiger partial charge < -0.3 is 0 Å². The van der Waals surface area contributed by atoms with E-state index < -0.39 is 0 Å². The Balaban J connectivity index is 2.25. The van der Waals surface area contributed by atoms with Gasteiger partial charge in [0.2, 0.25) is 0 Å². The Morgan fingerprint density at radius 2 is 1.68 bits per heavy atom. The van der Waals surface area contributed by atoms with Gasteiger partial charge in [-0.3, -0.25) is 4.79 Å². The van der Waals surface area contributed by atoms with Crippen LogP contribution in [0, 0.1) is 20.8 Å². The molecule has 0 fully saturated rings. The maximum atomic E-state index is 12.3. The predicted octanol–water partition coefficient (Wildman–Crippen LogP) is 4.80. The molecule has 2 rings (SSSR count). The molecule has 0 N–H and O–H groups in total. The molecule has 0 aromatic heterocycles. The Morgan fingerprint density at radius 3 is 2.26 bits per heavy atom. The molecule has 0 bridgehead atoms. The molecule has 0 spiro atoms. The van der Waals surface area contributed by atoms with Crippen molar-refractivity contribution < 1.29 is 4.79 Å². The van der Waals surface area contributed by atoms with E-state index in [1.807, 2.05) is 51.1 Å². The van der Waals surface area contributed by atoms with Crippen LogP contribution in [0.5, 0.6) is 0 Å². The summed E-state index contributed by atoms with van der Waals surface area (Å²) in [5, 5.41) is 0. The summed E-state index contributed by atoms with van der Waals surface area (Å²) in [6, 6.07) is 12.0. The largest absolute Gasteiger partial charge is 0.294 e. The molecule has 0 radical (unpaired) electrons. The van der Waals surface area contributed by atoms with Gasteiger partial charge in [-0.2, -0.15) is 0 Å². The van der Waals surface area contributed by atoms with E-state index in [1.54, 1.807) is 0 Å². The average molecular weight is 317 g/mol. The van der Waals surface area contributed by atoms with Crippen LogP contribution in [0.2, 0.25) is 0 Å². The second-order valence-corrected chi connectivity index (χ2v) is 5.81. The van der Waals surface area contributed by atoms with Gasteiger partial charge >= 0.3 is 0 Å². The lowest BCUT2D eigenvalue weighted by Crippen LogP contribution is -2.05. The summed E-state index contributed by atoms with van der Waals surface area (Å²) < 4.78 is 1.08. The summed E-state index contributed by atoms with van der Waals surface area (Å²) in [6.07, 6.45) is 0.461. The standard InChI is InChI=1S/C17H17BrO/c1-11-5-4-6-14(7-11)10-16(19)15-8-12(2)17(18)13(3)9-15/h4-9H,10H2,1-3H3. The Morgan fingerprint density at radius 1 is 1.05 bits per heavy atom. The van der Waals surface area contributed by atoms with E-state index in [4.69, 9.17) is 0 Å². The first-order valence-corrected chi connectivity index (χ1v) is 7.12. The normalized spacial score (nSPS) is 10.5. The number of halogens is 1. The Hall–Kier alpha value is -1.41. The average Bonchev–Trinajstić information content (AvgIpc) is 2.35. The number of hydrogen-bond acceptors (Lipinski definition) is 1. The lowest BCUT2D eigenvalue weighted by molar-refractivity contribution is 0.0993. The Bertz CT molecular complexity index is 606. The molecule has 0 aliphatic heterocycles. The molecule has 0 aliphatic rings. The fourth-order valence-electron chi connectivity index (χ4n) is 2.22. The van der Waals surface area contributed by atoms with E-state index in [-0.39, 0.29) is 5.78 Å². The minimum absolute atomic E-state index is 0.171. The van der Waals surface area contributed by atoms with Gasteiger partial charge in [0.1, 0.15) is 0 Å². The van der Waals surface area contributed by atoms with Gasteiger partial charge in [0.25, 0.3) is 0 Å². The van der Waals surface area contributed by atoms with Crippen LogP contribution in [-0.4, -0.2) is 5.78 Å². The van der Waals surface area contributed by atoms with Crippen molar-refractivity contribution >= 4 is 21.7 Å². The van der Waals surface area contributed by atoms with Crippen LogP contribution in [0.15, 0.2) is 40.9 Å². The highest BCUT2D eigenvalue weighted by atomic mass is 79.9. The summed E-state index contributed by atoms with van der Waals surface area (Å²) in [5.74, 6) is 0.171. The number of aryl methyl sites for hydroxylation is 3. The molecule has 98 valence electrons. The number of rotatable bonds is 3. The van der Waals surface area contributed by atoms with Gasteiger partial charge in [0.15, 0.2) is 5.78 Å². The first-order valence-electron chi connectivity index (χ1n) is 6.33. The number of hydrogen-bond donors (Lipinski definition) is 0. The van der Waals surface area contributed by atoms with Crippen LogP contribution in [0.4, 0.5) is 0 Å². The van der Waals surface area contributed by atoms with E-state index in [0.29, 0.717) is 6.42 Å². The lowest BCUT2D eigenvalue weighted by Gasteiger charge is -2.08. The van der Waals surface area contributed by atoms with E-state index in [9.17, 15) is 4.79 Å². The molecule has 0 amide bonds. The minimum Gasteiger partial charge on any atom is -0.294 e. The van der Waals surface area contributed by atoms with Gasteiger partial charge in [-0.25, -0.2) is 0 Å². The zero-order valence-electron chi connectivity index (χ0n) is 11.5. The molecule has 0 aliphatic carbocycles. The highest BCUT2D eigenvalue weighted by Gasteiger charge is 2.10. The number of carbonyl (C=O) groups is 1. The maximum absolute atomic E-state index is 12.3. The predicted molar refractivity (Wildman–Crippen MR) is 82.8 cm³/mol. The molecule has 0 unspecified atom stereocenters. The molecule has 2 aromatic carbocycles. The van der Waals surface area contributed by atoms with Gasteiger partial charge in [-0.05, 0) is 49.6 Å². The van der Waals surface area contributed by atoms with Crippen molar-refractivity contribution in [3.63, 3.8) is 0 Å². The highest BCUT2D eigenvalue weighted by molar-refractivity contribution is 9.10. The summed E-state index contributed by atoms with van der Waals surface area (Å²) in [5.41, 5.74) is 5.26. The van der Waals surface area contributed by atoms with Crippen molar-refractivity contribution in [2.75, 3.05) is 0 Å². The van der Waals surface area contributed by atoms with Gasteiger partial charge in [0, 0.05) is 16.5 Å². The SMILES string of the molecule is Cc1cccc(CC(=O)c2cc(C)c(Br)c(C)c2)c1. The maximum Gasteiger partial charge on any atom is 0.167 e. The van der Waals surface area contributed by atoms with Crippen LogP contribution in [0.3, 0.4) is 0 Å². The van der Waals surface area contributed by atoms with Crippen molar-refractivity contribution in [1.29, 1.82) is 0 Å². The van der Waals surface area contributed by atoms with Crippen molar-refractivity contribution in [3.8, 4) is 0 Å². The van der Waals surface area contributed by atoms with Gasteiger partial charge in [0.05, 0.1) is 0 Å². The number of benzene rings is 2. The van der Waals surface area contributed by atoms with Gasteiger partial charge in [-0.1, -0.05) is 45.8 Å².